The lowest BCUT2D eigenvalue weighted by molar-refractivity contribution is -0.136. The van der Waals surface area contributed by atoms with Crippen LogP contribution in [-0.4, -0.2) is 47.0 Å². The van der Waals surface area contributed by atoms with Gasteiger partial charge >= 0.3 is 0 Å². The summed E-state index contributed by atoms with van der Waals surface area (Å²) >= 11 is 0. The number of amides is 1. The van der Waals surface area contributed by atoms with Gasteiger partial charge in [0.2, 0.25) is 11.8 Å². The van der Waals surface area contributed by atoms with Crippen LogP contribution in [0.5, 0.6) is 11.6 Å². The number of carbonyl (C=O) groups excluding carboxylic acids is 1. The first-order valence-corrected chi connectivity index (χ1v) is 11.4. The molecular weight excluding hydrogens is 376 g/mol. The van der Waals surface area contributed by atoms with Crippen molar-refractivity contribution in [2.45, 2.75) is 51.9 Å². The third-order valence-electron chi connectivity index (χ3n) is 6.27. The van der Waals surface area contributed by atoms with Crippen LogP contribution >= 0.6 is 0 Å². The highest BCUT2D eigenvalue weighted by Gasteiger charge is 2.29. The first kappa shape index (κ1) is 20.6. The van der Waals surface area contributed by atoms with Gasteiger partial charge in [0.15, 0.2) is 0 Å². The summed E-state index contributed by atoms with van der Waals surface area (Å²) in [5, 5.41) is 0. The standard InChI is InChI=1S/C24H32N4O2/c1-2-19-7-9-21(10-8-19)30-23-17-22(25-18-26-23)27-15-11-20(12-16-27)24(29)28-13-5-3-4-6-14-28/h7-10,17-18,20H,2-6,11-16H2,1H3. The van der Waals surface area contributed by atoms with Crippen molar-refractivity contribution in [2.75, 3.05) is 31.1 Å². The van der Waals surface area contributed by atoms with Gasteiger partial charge in [-0.05, 0) is 49.8 Å². The van der Waals surface area contributed by atoms with Crippen molar-refractivity contribution in [3.8, 4) is 11.6 Å². The fourth-order valence-corrected chi connectivity index (χ4v) is 4.38. The summed E-state index contributed by atoms with van der Waals surface area (Å²) in [6.07, 6.45) is 9.13. The van der Waals surface area contributed by atoms with E-state index < -0.39 is 0 Å². The van der Waals surface area contributed by atoms with Gasteiger partial charge in [-0.1, -0.05) is 31.9 Å². The lowest BCUT2D eigenvalue weighted by Gasteiger charge is -2.34. The largest absolute Gasteiger partial charge is 0.439 e. The molecule has 1 aromatic heterocycles. The Labute approximate surface area is 179 Å². The van der Waals surface area contributed by atoms with Crippen molar-refractivity contribution >= 4 is 11.7 Å². The second kappa shape index (κ2) is 9.92. The van der Waals surface area contributed by atoms with Gasteiger partial charge in [-0.3, -0.25) is 4.79 Å². The van der Waals surface area contributed by atoms with E-state index in [4.69, 9.17) is 4.74 Å². The molecule has 0 N–H and O–H groups in total. The minimum absolute atomic E-state index is 0.147. The number of nitrogens with zero attached hydrogens (tertiary/aromatic N) is 4. The molecule has 0 aliphatic carbocycles. The van der Waals surface area contributed by atoms with Gasteiger partial charge in [0.25, 0.3) is 0 Å². The predicted octanol–water partition coefficient (Wildman–Crippen LogP) is 4.45. The van der Waals surface area contributed by atoms with Crippen molar-refractivity contribution < 1.29 is 9.53 Å². The van der Waals surface area contributed by atoms with Crippen LogP contribution in [0, 0.1) is 5.92 Å². The molecule has 1 amide bonds. The van der Waals surface area contributed by atoms with Crippen LogP contribution in [0.3, 0.4) is 0 Å². The highest BCUT2D eigenvalue weighted by Crippen LogP contribution is 2.27. The number of ether oxygens (including phenoxy) is 1. The van der Waals surface area contributed by atoms with Crippen LogP contribution in [0.25, 0.3) is 0 Å². The number of carbonyl (C=O) groups is 1. The number of rotatable bonds is 5. The Morgan fingerprint density at radius 1 is 1.00 bits per heavy atom. The van der Waals surface area contributed by atoms with Crippen molar-refractivity contribution in [3.05, 3.63) is 42.2 Å². The van der Waals surface area contributed by atoms with Gasteiger partial charge in [-0.25, -0.2) is 9.97 Å². The molecule has 30 heavy (non-hydrogen) atoms. The summed E-state index contributed by atoms with van der Waals surface area (Å²) in [6.45, 7) is 5.69. The van der Waals surface area contributed by atoms with E-state index in [1.807, 2.05) is 18.2 Å². The number of aryl methyl sites for hydroxylation is 1. The second-order valence-electron chi connectivity index (χ2n) is 8.31. The maximum Gasteiger partial charge on any atom is 0.225 e. The zero-order valence-corrected chi connectivity index (χ0v) is 17.9. The molecule has 0 unspecified atom stereocenters. The highest BCUT2D eigenvalue weighted by molar-refractivity contribution is 5.79. The summed E-state index contributed by atoms with van der Waals surface area (Å²) in [5.74, 6) is 2.70. The number of hydrogen-bond acceptors (Lipinski definition) is 5. The van der Waals surface area contributed by atoms with Gasteiger partial charge < -0.3 is 14.5 Å². The van der Waals surface area contributed by atoms with E-state index in [1.54, 1.807) is 6.33 Å². The van der Waals surface area contributed by atoms with Crippen LogP contribution in [0.1, 0.15) is 51.0 Å². The summed E-state index contributed by atoms with van der Waals surface area (Å²) in [5.41, 5.74) is 1.28. The number of hydrogen-bond donors (Lipinski definition) is 0. The van der Waals surface area contributed by atoms with Gasteiger partial charge in [-0.15, -0.1) is 0 Å². The SMILES string of the molecule is CCc1ccc(Oc2cc(N3CCC(C(=O)N4CCCCCC4)CC3)ncn2)cc1. The van der Waals surface area contributed by atoms with E-state index in [0.29, 0.717) is 11.8 Å². The summed E-state index contributed by atoms with van der Waals surface area (Å²) in [7, 11) is 0. The minimum atomic E-state index is 0.147. The summed E-state index contributed by atoms with van der Waals surface area (Å²) < 4.78 is 5.92. The Hall–Kier alpha value is -2.63. The van der Waals surface area contributed by atoms with Crippen molar-refractivity contribution in [2.24, 2.45) is 5.92 Å². The highest BCUT2D eigenvalue weighted by atomic mass is 16.5. The van der Waals surface area contributed by atoms with Crippen molar-refractivity contribution in [1.29, 1.82) is 0 Å². The molecule has 2 aromatic rings. The maximum atomic E-state index is 12.9. The number of anilines is 1. The molecule has 2 aliphatic heterocycles. The molecule has 160 valence electrons. The molecule has 4 rings (SSSR count). The average Bonchev–Trinajstić information content (AvgIpc) is 3.09. The van der Waals surface area contributed by atoms with Gasteiger partial charge in [-0.2, -0.15) is 0 Å². The molecule has 0 saturated carbocycles. The smallest absolute Gasteiger partial charge is 0.225 e. The monoisotopic (exact) mass is 408 g/mol. The van der Waals surface area contributed by atoms with Gasteiger partial charge in [0.05, 0.1) is 0 Å². The molecular formula is C24H32N4O2. The fraction of sp³-hybridized carbons (Fsp3) is 0.542. The third-order valence-corrected chi connectivity index (χ3v) is 6.27. The van der Waals surface area contributed by atoms with E-state index >= 15 is 0 Å². The molecule has 2 fully saturated rings. The summed E-state index contributed by atoms with van der Waals surface area (Å²) in [6, 6.07) is 9.98. The molecule has 1 aromatic carbocycles. The first-order valence-electron chi connectivity index (χ1n) is 11.4. The first-order chi connectivity index (χ1) is 14.7. The van der Waals surface area contributed by atoms with Crippen LogP contribution in [0.4, 0.5) is 5.82 Å². The molecule has 2 aliphatic rings. The van der Waals surface area contributed by atoms with Crippen LogP contribution in [0.15, 0.2) is 36.7 Å². The Morgan fingerprint density at radius 2 is 1.70 bits per heavy atom. The second-order valence-corrected chi connectivity index (χ2v) is 8.31. The number of likely N-dealkylation sites (tertiary alicyclic amines) is 1. The van der Waals surface area contributed by atoms with Crippen LogP contribution in [-0.2, 0) is 11.2 Å². The summed E-state index contributed by atoms with van der Waals surface area (Å²) in [4.78, 5) is 26.0. The van der Waals surface area contributed by atoms with Crippen LogP contribution < -0.4 is 9.64 Å². The molecule has 0 spiro atoms. The molecule has 0 radical (unpaired) electrons. The van der Waals surface area contributed by atoms with E-state index in [-0.39, 0.29) is 5.92 Å². The van der Waals surface area contributed by atoms with E-state index in [1.165, 1.54) is 18.4 Å². The average molecular weight is 409 g/mol. The molecule has 0 atom stereocenters. The quantitative estimate of drug-likeness (QED) is 0.731. The number of benzene rings is 1. The Kier molecular flexibility index (Phi) is 6.82. The molecule has 2 saturated heterocycles. The van der Waals surface area contributed by atoms with Crippen LogP contribution in [0.2, 0.25) is 0 Å². The minimum Gasteiger partial charge on any atom is -0.439 e. The lowest BCUT2D eigenvalue weighted by Crippen LogP contribution is -2.43. The Bertz CT molecular complexity index is 823. The van der Waals surface area contributed by atoms with E-state index in [0.717, 1.165) is 69.9 Å². The third kappa shape index (κ3) is 5.10. The molecule has 6 heteroatoms. The zero-order valence-electron chi connectivity index (χ0n) is 17.9. The molecule has 3 heterocycles. The fourth-order valence-electron chi connectivity index (χ4n) is 4.38. The number of piperidine rings is 1. The Balaban J connectivity index is 1.34. The normalized spacial score (nSPS) is 18.2. The van der Waals surface area contributed by atoms with Gasteiger partial charge in [0.1, 0.15) is 17.9 Å². The van der Waals surface area contributed by atoms with E-state index in [2.05, 4.69) is 38.8 Å². The van der Waals surface area contributed by atoms with Crippen molar-refractivity contribution in [3.63, 3.8) is 0 Å². The zero-order chi connectivity index (χ0) is 20.8. The van der Waals surface area contributed by atoms with Crippen molar-refractivity contribution in [1.82, 2.24) is 14.9 Å². The Morgan fingerprint density at radius 3 is 2.37 bits per heavy atom. The maximum absolute atomic E-state index is 12.9. The number of aromatic nitrogens is 2. The lowest BCUT2D eigenvalue weighted by atomic mass is 9.95. The molecule has 0 bridgehead atoms. The predicted molar refractivity (Wildman–Crippen MR) is 118 cm³/mol. The van der Waals surface area contributed by atoms with E-state index in [9.17, 15) is 4.79 Å². The topological polar surface area (TPSA) is 58.6 Å². The molecule has 6 nitrogen and oxygen atoms in total. The van der Waals surface area contributed by atoms with Gasteiger partial charge in [0, 0.05) is 38.2 Å².